The minimum absolute atomic E-state index is 0.0184. The summed E-state index contributed by atoms with van der Waals surface area (Å²) in [4.78, 5) is 14.3. The third-order valence-electron chi connectivity index (χ3n) is 3.88. The highest BCUT2D eigenvalue weighted by Crippen LogP contribution is 2.27. The number of carbonyl (C=O) groups is 1. The Morgan fingerprint density at radius 2 is 2.12 bits per heavy atom. The van der Waals surface area contributed by atoms with Crippen LogP contribution in [0.5, 0.6) is 0 Å². The van der Waals surface area contributed by atoms with Crippen LogP contribution < -0.4 is 4.72 Å². The Balaban J connectivity index is 1.70. The minimum atomic E-state index is -3.31. The largest absolute Gasteiger partial charge is 0.455 e. The average Bonchev–Trinajstić information content (AvgIpc) is 3.00. The Morgan fingerprint density at radius 3 is 2.88 bits per heavy atom. The van der Waals surface area contributed by atoms with E-state index < -0.39 is 10.0 Å². The van der Waals surface area contributed by atoms with Gasteiger partial charge in [-0.25, -0.2) is 13.1 Å². The number of benzene rings is 1. The van der Waals surface area contributed by atoms with Crippen LogP contribution in [-0.4, -0.2) is 32.0 Å². The van der Waals surface area contributed by atoms with Crippen molar-refractivity contribution in [3.05, 3.63) is 58.0 Å². The first kappa shape index (κ1) is 17.0. The normalized spacial score (nSPS) is 14.5. The lowest BCUT2D eigenvalue weighted by Crippen LogP contribution is -2.35. The van der Waals surface area contributed by atoms with Gasteiger partial charge < -0.3 is 9.32 Å². The molecule has 0 bridgehead atoms. The van der Waals surface area contributed by atoms with E-state index in [1.807, 2.05) is 18.2 Å². The third kappa shape index (κ3) is 3.80. The van der Waals surface area contributed by atoms with Gasteiger partial charge in [-0.1, -0.05) is 23.7 Å². The fourth-order valence-electron chi connectivity index (χ4n) is 2.68. The number of rotatable bonds is 4. The SMILES string of the molecule is CS(=O)(=O)NCc1ccc(C(=O)N2CCc3c(Cl)cccc3C2)o1. The number of halogens is 1. The van der Waals surface area contributed by atoms with Gasteiger partial charge in [0, 0.05) is 18.1 Å². The van der Waals surface area contributed by atoms with Crippen LogP contribution in [0.2, 0.25) is 5.02 Å². The van der Waals surface area contributed by atoms with Crippen molar-refractivity contribution in [1.29, 1.82) is 0 Å². The van der Waals surface area contributed by atoms with Crippen LogP contribution >= 0.6 is 11.6 Å². The smallest absolute Gasteiger partial charge is 0.289 e. The molecule has 24 heavy (non-hydrogen) atoms. The number of nitrogens with one attached hydrogen (secondary N) is 1. The summed E-state index contributed by atoms with van der Waals surface area (Å²) in [6.07, 6.45) is 1.77. The lowest BCUT2D eigenvalue weighted by molar-refractivity contribution is 0.0700. The highest BCUT2D eigenvalue weighted by atomic mass is 35.5. The second-order valence-corrected chi connectivity index (χ2v) is 7.95. The molecule has 0 radical (unpaired) electrons. The van der Waals surface area contributed by atoms with E-state index in [1.165, 1.54) is 0 Å². The topological polar surface area (TPSA) is 79.6 Å². The molecule has 1 N–H and O–H groups in total. The Labute approximate surface area is 145 Å². The van der Waals surface area contributed by atoms with Crippen molar-refractivity contribution in [1.82, 2.24) is 9.62 Å². The molecule has 0 atom stereocenters. The molecule has 0 unspecified atom stereocenters. The number of furan rings is 1. The van der Waals surface area contributed by atoms with Crippen molar-refractivity contribution in [3.63, 3.8) is 0 Å². The molecular formula is C16H17ClN2O4S. The highest BCUT2D eigenvalue weighted by Gasteiger charge is 2.25. The number of amides is 1. The van der Waals surface area contributed by atoms with Crippen molar-refractivity contribution in [2.75, 3.05) is 12.8 Å². The van der Waals surface area contributed by atoms with Crippen LogP contribution in [-0.2, 0) is 29.5 Å². The molecule has 3 rings (SSSR count). The van der Waals surface area contributed by atoms with E-state index in [9.17, 15) is 13.2 Å². The van der Waals surface area contributed by atoms with E-state index in [0.717, 1.165) is 22.4 Å². The molecular weight excluding hydrogens is 352 g/mol. The summed E-state index contributed by atoms with van der Waals surface area (Å²) < 4.78 is 30.0. The quantitative estimate of drug-likeness (QED) is 0.897. The number of sulfonamides is 1. The third-order valence-corrected chi connectivity index (χ3v) is 4.90. The van der Waals surface area contributed by atoms with Crippen LogP contribution in [0.4, 0.5) is 0 Å². The van der Waals surface area contributed by atoms with Gasteiger partial charge in [0.15, 0.2) is 5.76 Å². The zero-order chi connectivity index (χ0) is 17.3. The van der Waals surface area contributed by atoms with Crippen LogP contribution in [0.25, 0.3) is 0 Å². The molecule has 1 aliphatic heterocycles. The summed E-state index contributed by atoms with van der Waals surface area (Å²) in [5.74, 6) is 0.376. The molecule has 6 nitrogen and oxygen atoms in total. The molecule has 2 aromatic rings. The maximum Gasteiger partial charge on any atom is 0.289 e. The van der Waals surface area contributed by atoms with Crippen molar-refractivity contribution >= 4 is 27.5 Å². The first-order chi connectivity index (χ1) is 11.3. The Kier molecular flexibility index (Phi) is 4.67. The van der Waals surface area contributed by atoms with E-state index in [1.54, 1.807) is 17.0 Å². The lowest BCUT2D eigenvalue weighted by Gasteiger charge is -2.28. The molecule has 1 aliphatic rings. The van der Waals surface area contributed by atoms with Gasteiger partial charge in [-0.15, -0.1) is 0 Å². The van der Waals surface area contributed by atoms with Crippen molar-refractivity contribution in [2.24, 2.45) is 0 Å². The second kappa shape index (κ2) is 6.58. The standard InChI is InChI=1S/C16H17ClN2O4S/c1-24(21,22)18-9-12-5-6-15(23-12)16(20)19-8-7-13-11(10-19)3-2-4-14(13)17/h2-6,18H,7-10H2,1H3. The molecule has 128 valence electrons. The van der Waals surface area contributed by atoms with Gasteiger partial charge in [-0.2, -0.15) is 0 Å². The first-order valence-corrected chi connectivity index (χ1v) is 9.69. The molecule has 0 saturated heterocycles. The number of carbonyl (C=O) groups excluding carboxylic acids is 1. The summed E-state index contributed by atoms with van der Waals surface area (Å²) in [7, 11) is -3.31. The summed E-state index contributed by atoms with van der Waals surface area (Å²) in [5, 5.41) is 0.728. The van der Waals surface area contributed by atoms with Crippen molar-refractivity contribution < 1.29 is 17.6 Å². The summed E-state index contributed by atoms with van der Waals surface area (Å²) in [6, 6.07) is 8.85. The van der Waals surface area contributed by atoms with Crippen molar-refractivity contribution in [3.8, 4) is 0 Å². The molecule has 1 aromatic carbocycles. The number of nitrogens with zero attached hydrogens (tertiary/aromatic N) is 1. The zero-order valence-electron chi connectivity index (χ0n) is 13.1. The van der Waals surface area contributed by atoms with Gasteiger partial charge in [0.25, 0.3) is 5.91 Å². The number of hydrogen-bond donors (Lipinski definition) is 1. The van der Waals surface area contributed by atoms with Crippen LogP contribution in [0.3, 0.4) is 0 Å². The molecule has 0 saturated carbocycles. The predicted octanol–water partition coefficient (Wildman–Crippen LogP) is 2.18. The fraction of sp³-hybridized carbons (Fsp3) is 0.312. The molecule has 2 heterocycles. The highest BCUT2D eigenvalue weighted by molar-refractivity contribution is 7.88. The monoisotopic (exact) mass is 368 g/mol. The van der Waals surface area contributed by atoms with E-state index in [-0.39, 0.29) is 18.2 Å². The maximum absolute atomic E-state index is 12.6. The van der Waals surface area contributed by atoms with E-state index in [0.29, 0.717) is 25.3 Å². The summed E-state index contributed by atoms with van der Waals surface area (Å²) >= 11 is 6.18. The van der Waals surface area contributed by atoms with E-state index in [4.69, 9.17) is 16.0 Å². The molecule has 0 aliphatic carbocycles. The zero-order valence-corrected chi connectivity index (χ0v) is 14.7. The minimum Gasteiger partial charge on any atom is -0.455 e. The van der Waals surface area contributed by atoms with Crippen LogP contribution in [0.15, 0.2) is 34.7 Å². The number of hydrogen-bond acceptors (Lipinski definition) is 4. The van der Waals surface area contributed by atoms with Crippen LogP contribution in [0.1, 0.15) is 27.4 Å². The maximum atomic E-state index is 12.6. The fourth-order valence-corrected chi connectivity index (χ4v) is 3.38. The summed E-state index contributed by atoms with van der Waals surface area (Å²) in [6.45, 7) is 1.06. The lowest BCUT2D eigenvalue weighted by atomic mass is 9.99. The van der Waals surface area contributed by atoms with Crippen LogP contribution in [0, 0.1) is 0 Å². The molecule has 1 aromatic heterocycles. The predicted molar refractivity (Wildman–Crippen MR) is 90.3 cm³/mol. The van der Waals surface area contributed by atoms with Gasteiger partial charge >= 0.3 is 0 Å². The average molecular weight is 369 g/mol. The van der Waals surface area contributed by atoms with Gasteiger partial charge in [0.1, 0.15) is 5.76 Å². The van der Waals surface area contributed by atoms with E-state index >= 15 is 0 Å². The summed E-state index contributed by atoms with van der Waals surface area (Å²) in [5.41, 5.74) is 2.12. The molecule has 0 spiro atoms. The van der Waals surface area contributed by atoms with Crippen molar-refractivity contribution in [2.45, 2.75) is 19.5 Å². The van der Waals surface area contributed by atoms with Gasteiger partial charge in [-0.05, 0) is 35.7 Å². The van der Waals surface area contributed by atoms with Gasteiger partial charge in [0.05, 0.1) is 12.8 Å². The molecule has 8 heteroatoms. The Bertz CT molecular complexity index is 876. The molecule has 0 fully saturated rings. The Morgan fingerprint density at radius 1 is 1.33 bits per heavy atom. The van der Waals surface area contributed by atoms with Gasteiger partial charge in [0.2, 0.25) is 10.0 Å². The first-order valence-electron chi connectivity index (χ1n) is 7.42. The Hall–Kier alpha value is -1.83. The molecule has 1 amide bonds. The van der Waals surface area contributed by atoms with Gasteiger partial charge in [-0.3, -0.25) is 4.79 Å². The van der Waals surface area contributed by atoms with E-state index in [2.05, 4.69) is 4.72 Å². The second-order valence-electron chi connectivity index (χ2n) is 5.71. The number of fused-ring (bicyclic) bond motifs is 1.